The molecule has 0 bridgehead atoms. The molecule has 3 rings (SSSR count). The van der Waals surface area contributed by atoms with E-state index in [2.05, 4.69) is 20.5 Å². The summed E-state index contributed by atoms with van der Waals surface area (Å²) in [7, 11) is 0. The number of fused-ring (bicyclic) bond motifs is 1. The third-order valence-corrected chi connectivity index (χ3v) is 5.01. The Morgan fingerprint density at radius 1 is 1.07 bits per heavy atom. The average molecular weight is 447 g/mol. The van der Waals surface area contributed by atoms with Crippen molar-refractivity contribution < 1.29 is 14.7 Å². The first-order chi connectivity index (χ1) is 14.5. The number of carbonyl (C=O) groups excluding carboxylic acids is 2. The van der Waals surface area contributed by atoms with E-state index in [4.69, 9.17) is 23.2 Å². The number of nitrogens with one attached hydrogen (secondary N) is 2. The molecular formula is C21H20Cl2N4O3. The zero-order chi connectivity index (χ0) is 21.5. The molecule has 0 aliphatic heterocycles. The highest BCUT2D eigenvalue weighted by molar-refractivity contribution is 6.33. The van der Waals surface area contributed by atoms with Crippen LogP contribution in [-0.2, 0) is 4.79 Å². The van der Waals surface area contributed by atoms with Gasteiger partial charge in [0.1, 0.15) is 0 Å². The first kappa shape index (κ1) is 21.8. The Hall–Kier alpha value is -2.90. The van der Waals surface area contributed by atoms with Crippen molar-refractivity contribution in [3.63, 3.8) is 0 Å². The van der Waals surface area contributed by atoms with Crippen molar-refractivity contribution in [3.8, 4) is 5.88 Å². The fraction of sp³-hybridized carbons (Fsp3) is 0.238. The lowest BCUT2D eigenvalue weighted by molar-refractivity contribution is -0.118. The number of aromatic nitrogens is 1. The van der Waals surface area contributed by atoms with Crippen LogP contribution in [-0.4, -0.2) is 28.4 Å². The molecule has 3 aromatic rings. The third kappa shape index (κ3) is 5.58. The molecule has 0 aliphatic carbocycles. The van der Waals surface area contributed by atoms with Crippen molar-refractivity contribution in [3.05, 3.63) is 58.1 Å². The molecular weight excluding hydrogens is 427 g/mol. The van der Waals surface area contributed by atoms with Gasteiger partial charge >= 0.3 is 0 Å². The highest BCUT2D eigenvalue weighted by Gasteiger charge is 2.12. The zero-order valence-corrected chi connectivity index (χ0v) is 17.5. The number of hydrogen-bond acceptors (Lipinski definition) is 4. The van der Waals surface area contributed by atoms with Gasteiger partial charge in [0.15, 0.2) is 5.69 Å². The van der Waals surface area contributed by atoms with E-state index in [-0.39, 0.29) is 29.8 Å². The second kappa shape index (κ2) is 10.2. The molecule has 0 radical (unpaired) electrons. The van der Waals surface area contributed by atoms with Gasteiger partial charge in [-0.05, 0) is 43.2 Å². The fourth-order valence-electron chi connectivity index (χ4n) is 2.91. The quantitative estimate of drug-likeness (QED) is 0.301. The number of azo groups is 1. The predicted octanol–water partition coefficient (Wildman–Crippen LogP) is 5.78. The Balaban J connectivity index is 1.40. The van der Waals surface area contributed by atoms with E-state index in [1.807, 2.05) is 0 Å². The van der Waals surface area contributed by atoms with Gasteiger partial charge in [0.25, 0.3) is 11.8 Å². The monoisotopic (exact) mass is 446 g/mol. The van der Waals surface area contributed by atoms with Crippen LogP contribution in [0.25, 0.3) is 10.9 Å². The number of nitrogens with zero attached hydrogens (tertiary/aromatic N) is 2. The van der Waals surface area contributed by atoms with Crippen LogP contribution in [0.1, 0.15) is 36.0 Å². The van der Waals surface area contributed by atoms with Crippen molar-refractivity contribution in [2.75, 3.05) is 6.54 Å². The zero-order valence-electron chi connectivity index (χ0n) is 16.0. The first-order valence-corrected chi connectivity index (χ1v) is 10.2. The summed E-state index contributed by atoms with van der Waals surface area (Å²) in [5, 5.41) is 21.8. The van der Waals surface area contributed by atoms with Crippen LogP contribution in [0.5, 0.6) is 5.88 Å². The van der Waals surface area contributed by atoms with E-state index in [9.17, 15) is 14.7 Å². The van der Waals surface area contributed by atoms with Gasteiger partial charge < -0.3 is 15.4 Å². The Morgan fingerprint density at radius 2 is 1.87 bits per heavy atom. The van der Waals surface area contributed by atoms with Crippen LogP contribution >= 0.6 is 23.2 Å². The van der Waals surface area contributed by atoms with E-state index < -0.39 is 0 Å². The normalized spacial score (nSPS) is 11.3. The summed E-state index contributed by atoms with van der Waals surface area (Å²) < 4.78 is 0. The van der Waals surface area contributed by atoms with Crippen molar-refractivity contribution >= 4 is 51.6 Å². The van der Waals surface area contributed by atoms with Crippen LogP contribution < -0.4 is 5.32 Å². The SMILES string of the molecule is O=C(CCCCCNC(=O)c1ccccc1Cl)N=Nc1c(O)[nH]c2ccc(Cl)cc12. The molecule has 2 aromatic carbocycles. The number of aromatic hydroxyl groups is 1. The molecule has 0 fully saturated rings. The molecule has 30 heavy (non-hydrogen) atoms. The molecule has 0 saturated heterocycles. The van der Waals surface area contributed by atoms with Crippen molar-refractivity contribution in [1.29, 1.82) is 0 Å². The summed E-state index contributed by atoms with van der Waals surface area (Å²) in [5.41, 5.74) is 1.27. The van der Waals surface area contributed by atoms with E-state index >= 15 is 0 Å². The van der Waals surface area contributed by atoms with Gasteiger partial charge in [-0.25, -0.2) is 0 Å². The molecule has 156 valence electrons. The van der Waals surface area contributed by atoms with Crippen molar-refractivity contribution in [2.45, 2.75) is 25.7 Å². The van der Waals surface area contributed by atoms with Crippen LogP contribution in [0, 0.1) is 0 Å². The maximum Gasteiger partial charge on any atom is 0.264 e. The number of carbonyl (C=O) groups is 2. The van der Waals surface area contributed by atoms with Gasteiger partial charge in [0.2, 0.25) is 5.88 Å². The van der Waals surface area contributed by atoms with E-state index in [0.717, 1.165) is 12.8 Å². The summed E-state index contributed by atoms with van der Waals surface area (Å²) >= 11 is 12.0. The topological polar surface area (TPSA) is 107 Å². The third-order valence-electron chi connectivity index (χ3n) is 4.45. The van der Waals surface area contributed by atoms with Gasteiger partial charge in [-0.2, -0.15) is 0 Å². The summed E-state index contributed by atoms with van der Waals surface area (Å²) in [6, 6.07) is 11.9. The molecule has 1 aromatic heterocycles. The maximum absolute atomic E-state index is 12.0. The second-order valence-electron chi connectivity index (χ2n) is 6.65. The van der Waals surface area contributed by atoms with Crippen molar-refractivity contribution in [2.24, 2.45) is 10.2 Å². The van der Waals surface area contributed by atoms with E-state index in [0.29, 0.717) is 39.5 Å². The number of benzene rings is 2. The second-order valence-corrected chi connectivity index (χ2v) is 7.50. The number of aromatic amines is 1. The minimum atomic E-state index is -0.383. The summed E-state index contributed by atoms with van der Waals surface area (Å²) in [4.78, 5) is 26.7. The Kier molecular flexibility index (Phi) is 7.43. The number of rotatable bonds is 8. The standard InChI is InChI=1S/C21H20Cl2N4O3/c22-13-9-10-17-15(12-13)19(21(30)25-17)27-26-18(28)8-2-1-5-11-24-20(29)14-6-3-4-7-16(14)23/h3-4,6-7,9-10,12,25,30H,1-2,5,8,11H2,(H,24,29). The molecule has 0 aliphatic rings. The van der Waals surface area contributed by atoms with Gasteiger partial charge in [0, 0.05) is 23.4 Å². The van der Waals surface area contributed by atoms with E-state index in [1.165, 1.54) is 0 Å². The molecule has 0 spiro atoms. The molecule has 0 atom stereocenters. The summed E-state index contributed by atoms with van der Waals surface area (Å²) in [5.74, 6) is -0.770. The van der Waals surface area contributed by atoms with Crippen molar-refractivity contribution in [1.82, 2.24) is 10.3 Å². The highest BCUT2D eigenvalue weighted by Crippen LogP contribution is 2.36. The van der Waals surface area contributed by atoms with Gasteiger partial charge in [0.05, 0.1) is 16.1 Å². The van der Waals surface area contributed by atoms with Gasteiger partial charge in [-0.15, -0.1) is 10.2 Å². The number of H-pyrrole nitrogens is 1. The van der Waals surface area contributed by atoms with Crippen LogP contribution in [0.3, 0.4) is 0 Å². The Morgan fingerprint density at radius 3 is 2.67 bits per heavy atom. The largest absolute Gasteiger partial charge is 0.493 e. The first-order valence-electron chi connectivity index (χ1n) is 9.43. The minimum Gasteiger partial charge on any atom is -0.493 e. The molecule has 2 amide bonds. The van der Waals surface area contributed by atoms with Gasteiger partial charge in [-0.3, -0.25) is 9.59 Å². The Labute approximate surface area is 183 Å². The smallest absolute Gasteiger partial charge is 0.264 e. The summed E-state index contributed by atoms with van der Waals surface area (Å²) in [6.45, 7) is 0.490. The number of halogens is 2. The van der Waals surface area contributed by atoms with Crippen LogP contribution in [0.4, 0.5) is 5.69 Å². The molecule has 9 heteroatoms. The average Bonchev–Trinajstić information content (AvgIpc) is 3.03. The summed E-state index contributed by atoms with van der Waals surface area (Å²) in [6.07, 6.45) is 2.32. The lowest BCUT2D eigenvalue weighted by Gasteiger charge is -2.06. The number of hydrogen-bond donors (Lipinski definition) is 3. The minimum absolute atomic E-state index is 0.168. The lowest BCUT2D eigenvalue weighted by atomic mass is 10.1. The fourth-order valence-corrected chi connectivity index (χ4v) is 3.31. The highest BCUT2D eigenvalue weighted by atomic mass is 35.5. The van der Waals surface area contributed by atoms with Crippen LogP contribution in [0.15, 0.2) is 52.7 Å². The lowest BCUT2D eigenvalue weighted by Crippen LogP contribution is -2.24. The number of unbranched alkanes of at least 4 members (excludes halogenated alkanes) is 2. The molecule has 7 nitrogen and oxygen atoms in total. The molecule has 0 unspecified atom stereocenters. The maximum atomic E-state index is 12.0. The van der Waals surface area contributed by atoms with E-state index in [1.54, 1.807) is 42.5 Å². The van der Waals surface area contributed by atoms with Gasteiger partial charge in [-0.1, -0.05) is 41.8 Å². The predicted molar refractivity (Wildman–Crippen MR) is 117 cm³/mol. The molecule has 1 heterocycles. The molecule has 0 saturated carbocycles. The van der Waals surface area contributed by atoms with Crippen LogP contribution in [0.2, 0.25) is 10.0 Å². The number of amides is 2. The Bertz CT molecular complexity index is 1100. The molecule has 3 N–H and O–H groups in total.